The van der Waals surface area contributed by atoms with Gasteiger partial charge in [-0.25, -0.2) is 0 Å². The van der Waals surface area contributed by atoms with E-state index in [-0.39, 0.29) is 60.8 Å². The molecule has 7 heteroatoms. The van der Waals surface area contributed by atoms with Gasteiger partial charge in [0.1, 0.15) is 0 Å². The number of rotatable bonds is 7. The zero-order chi connectivity index (χ0) is 16.6. The molecule has 3 heterocycles. The van der Waals surface area contributed by atoms with Crippen molar-refractivity contribution in [1.29, 1.82) is 0 Å². The van der Waals surface area contributed by atoms with Gasteiger partial charge in [0, 0.05) is 25.6 Å². The van der Waals surface area contributed by atoms with Gasteiger partial charge in [0.25, 0.3) is 0 Å². The van der Waals surface area contributed by atoms with Crippen LogP contribution in [0.1, 0.15) is 33.1 Å². The highest BCUT2D eigenvalue weighted by Crippen LogP contribution is 2.48. The van der Waals surface area contributed by atoms with E-state index in [4.69, 9.17) is 4.74 Å². The fourth-order valence-corrected chi connectivity index (χ4v) is 3.98. The molecule has 0 spiro atoms. The molecule has 0 radical (unpaired) electrons. The van der Waals surface area contributed by atoms with Crippen molar-refractivity contribution in [3.63, 3.8) is 0 Å². The fourth-order valence-electron chi connectivity index (χ4n) is 3.98. The van der Waals surface area contributed by atoms with Crippen molar-refractivity contribution < 1.29 is 19.1 Å². The first-order chi connectivity index (χ1) is 11.0. The van der Waals surface area contributed by atoms with Crippen LogP contribution in [-0.4, -0.2) is 60.5 Å². The van der Waals surface area contributed by atoms with Gasteiger partial charge in [-0.2, -0.15) is 0 Å². The molecule has 5 atom stereocenters. The molecule has 0 aliphatic carbocycles. The van der Waals surface area contributed by atoms with Crippen LogP contribution in [-0.2, 0) is 19.1 Å². The Balaban J connectivity index is 1.48. The van der Waals surface area contributed by atoms with Gasteiger partial charge in [0.2, 0.25) is 17.7 Å². The number of likely N-dealkylation sites (tertiary alicyclic amines) is 1. The van der Waals surface area contributed by atoms with Crippen molar-refractivity contribution in [3.8, 4) is 0 Å². The molecule has 128 valence electrons. The van der Waals surface area contributed by atoms with E-state index in [1.54, 1.807) is 0 Å². The zero-order valence-electron chi connectivity index (χ0n) is 13.7. The fraction of sp³-hybridized carbons (Fsp3) is 0.812. The molecule has 3 saturated heterocycles. The van der Waals surface area contributed by atoms with Crippen molar-refractivity contribution >= 4 is 17.7 Å². The molecule has 2 N–H and O–H groups in total. The van der Waals surface area contributed by atoms with Crippen LogP contribution in [0.15, 0.2) is 0 Å². The van der Waals surface area contributed by atoms with Crippen LogP contribution in [0, 0.1) is 11.8 Å². The van der Waals surface area contributed by atoms with E-state index in [1.807, 2.05) is 13.8 Å². The van der Waals surface area contributed by atoms with E-state index >= 15 is 0 Å². The summed E-state index contributed by atoms with van der Waals surface area (Å²) >= 11 is 0. The van der Waals surface area contributed by atoms with E-state index < -0.39 is 0 Å². The molecule has 2 bridgehead atoms. The second-order valence-corrected chi connectivity index (χ2v) is 6.68. The summed E-state index contributed by atoms with van der Waals surface area (Å²) in [7, 11) is 0. The van der Waals surface area contributed by atoms with Gasteiger partial charge in [-0.05, 0) is 26.3 Å². The number of fused-ring (bicyclic) bond motifs is 5. The van der Waals surface area contributed by atoms with Crippen LogP contribution in [0.5, 0.6) is 0 Å². The van der Waals surface area contributed by atoms with E-state index in [0.29, 0.717) is 6.54 Å². The van der Waals surface area contributed by atoms with E-state index in [2.05, 4.69) is 10.6 Å². The number of ether oxygens (including phenoxy) is 1. The van der Waals surface area contributed by atoms with Crippen LogP contribution in [0.4, 0.5) is 0 Å². The number of carbonyl (C=O) groups excluding carboxylic acids is 3. The second-order valence-electron chi connectivity index (χ2n) is 6.68. The topological polar surface area (TPSA) is 87.7 Å². The number of carbonyl (C=O) groups is 3. The largest absolute Gasteiger partial charge is 0.373 e. The highest BCUT2D eigenvalue weighted by Gasteiger charge is 2.62. The zero-order valence-corrected chi connectivity index (χ0v) is 13.7. The van der Waals surface area contributed by atoms with Gasteiger partial charge in [-0.15, -0.1) is 0 Å². The second kappa shape index (κ2) is 6.57. The molecule has 0 saturated carbocycles. The van der Waals surface area contributed by atoms with Gasteiger partial charge in [0.05, 0.1) is 24.0 Å². The monoisotopic (exact) mass is 323 g/mol. The molecule has 7 nitrogen and oxygen atoms in total. The van der Waals surface area contributed by atoms with Crippen LogP contribution in [0.2, 0.25) is 0 Å². The summed E-state index contributed by atoms with van der Waals surface area (Å²) in [5, 5.41) is 6.03. The lowest BCUT2D eigenvalue weighted by Crippen LogP contribution is -2.41. The maximum Gasteiger partial charge on any atom is 0.235 e. The van der Waals surface area contributed by atoms with Crippen LogP contribution >= 0.6 is 0 Å². The summed E-state index contributed by atoms with van der Waals surface area (Å²) in [6.45, 7) is 5.56. The van der Waals surface area contributed by atoms with Crippen molar-refractivity contribution in [1.82, 2.24) is 15.5 Å². The number of likely N-dealkylation sites (N-methyl/N-ethyl adjacent to an activating group) is 1. The van der Waals surface area contributed by atoms with E-state index in [0.717, 1.165) is 19.4 Å². The third kappa shape index (κ3) is 2.99. The van der Waals surface area contributed by atoms with Gasteiger partial charge in [0.15, 0.2) is 0 Å². The van der Waals surface area contributed by atoms with E-state index in [9.17, 15) is 14.4 Å². The molecule has 0 aromatic rings. The number of hydrogen-bond acceptors (Lipinski definition) is 5. The Kier molecular flexibility index (Phi) is 4.68. The average molecular weight is 323 g/mol. The van der Waals surface area contributed by atoms with Gasteiger partial charge in [-0.3, -0.25) is 19.3 Å². The van der Waals surface area contributed by atoms with Crippen LogP contribution in [0.3, 0.4) is 0 Å². The molecule has 3 aliphatic rings. The predicted octanol–water partition coefficient (Wildman–Crippen LogP) is -0.347. The Hall–Kier alpha value is -1.47. The SMILES string of the molecule is CCN[C@H](C)CNC(=O)CCN1C(=O)C2C3CCC(O3)C2C1=O. The molecule has 3 fully saturated rings. The summed E-state index contributed by atoms with van der Waals surface area (Å²) < 4.78 is 5.69. The van der Waals surface area contributed by atoms with Gasteiger partial charge in [-0.1, -0.05) is 6.92 Å². The average Bonchev–Trinajstić information content (AvgIpc) is 3.19. The first-order valence-electron chi connectivity index (χ1n) is 8.53. The lowest BCUT2D eigenvalue weighted by atomic mass is 9.81. The first-order valence-corrected chi connectivity index (χ1v) is 8.53. The Morgan fingerprint density at radius 2 is 1.87 bits per heavy atom. The minimum absolute atomic E-state index is 0.0961. The quantitative estimate of drug-likeness (QED) is 0.626. The van der Waals surface area contributed by atoms with Crippen molar-refractivity contribution in [2.24, 2.45) is 11.8 Å². The predicted molar refractivity (Wildman–Crippen MR) is 82.4 cm³/mol. The molecular weight excluding hydrogens is 298 g/mol. The standard InChI is InChI=1S/C16H25N3O4/c1-3-17-9(2)8-18-12(20)6-7-19-15(21)13-10-4-5-11(23-10)14(13)16(19)22/h9-11,13-14,17H,3-8H2,1-2H3,(H,18,20)/t9-,10?,11?,13?,14?/m1/s1. The summed E-state index contributed by atoms with van der Waals surface area (Å²) in [6.07, 6.45) is 1.69. The number of hydrogen-bond donors (Lipinski definition) is 2. The molecule has 3 aliphatic heterocycles. The summed E-state index contributed by atoms with van der Waals surface area (Å²) in [5.41, 5.74) is 0. The minimum atomic E-state index is -0.307. The summed E-state index contributed by atoms with van der Waals surface area (Å²) in [5.74, 6) is -1.05. The normalized spacial score (nSPS) is 33.2. The lowest BCUT2D eigenvalue weighted by molar-refractivity contribution is -0.142. The van der Waals surface area contributed by atoms with E-state index in [1.165, 1.54) is 4.90 Å². The van der Waals surface area contributed by atoms with Gasteiger partial charge < -0.3 is 15.4 Å². The number of amides is 3. The van der Waals surface area contributed by atoms with Gasteiger partial charge >= 0.3 is 0 Å². The first kappa shape index (κ1) is 16.4. The number of imide groups is 1. The summed E-state index contributed by atoms with van der Waals surface area (Å²) in [6, 6.07) is 0.200. The number of nitrogens with one attached hydrogen (secondary N) is 2. The maximum atomic E-state index is 12.4. The Morgan fingerprint density at radius 1 is 1.26 bits per heavy atom. The molecule has 0 aromatic heterocycles. The Morgan fingerprint density at radius 3 is 2.43 bits per heavy atom. The van der Waals surface area contributed by atoms with Crippen molar-refractivity contribution in [2.45, 2.75) is 51.4 Å². The van der Waals surface area contributed by atoms with Crippen LogP contribution < -0.4 is 10.6 Å². The molecule has 23 heavy (non-hydrogen) atoms. The lowest BCUT2D eigenvalue weighted by Gasteiger charge is -2.18. The highest BCUT2D eigenvalue weighted by molar-refractivity contribution is 6.06. The molecular formula is C16H25N3O4. The highest BCUT2D eigenvalue weighted by atomic mass is 16.5. The summed E-state index contributed by atoms with van der Waals surface area (Å²) in [4.78, 5) is 38.0. The van der Waals surface area contributed by atoms with Crippen molar-refractivity contribution in [3.05, 3.63) is 0 Å². The Bertz CT molecular complexity index is 482. The smallest absolute Gasteiger partial charge is 0.235 e. The molecule has 0 aromatic carbocycles. The number of nitrogens with zero attached hydrogens (tertiary/aromatic N) is 1. The third-order valence-electron chi connectivity index (χ3n) is 5.10. The molecule has 4 unspecified atom stereocenters. The maximum absolute atomic E-state index is 12.4. The Labute approximate surface area is 136 Å². The van der Waals surface area contributed by atoms with Crippen molar-refractivity contribution in [2.75, 3.05) is 19.6 Å². The molecule has 3 amide bonds. The third-order valence-corrected chi connectivity index (χ3v) is 5.10. The van der Waals surface area contributed by atoms with Crippen LogP contribution in [0.25, 0.3) is 0 Å². The minimum Gasteiger partial charge on any atom is -0.373 e. The molecule has 3 rings (SSSR count).